The molecule has 2 fully saturated rings. The van der Waals surface area contributed by atoms with Crippen molar-refractivity contribution in [2.75, 3.05) is 38.3 Å². The number of benzene rings is 1. The molecule has 0 saturated carbocycles. The summed E-state index contributed by atoms with van der Waals surface area (Å²) in [7, 11) is 1.62. The van der Waals surface area contributed by atoms with Gasteiger partial charge >= 0.3 is 6.09 Å². The molecule has 1 aromatic rings. The fourth-order valence-electron chi connectivity index (χ4n) is 3.09. The van der Waals surface area contributed by atoms with E-state index >= 15 is 0 Å². The maximum atomic E-state index is 11.9. The first-order valence-corrected chi connectivity index (χ1v) is 7.55. The highest BCUT2D eigenvalue weighted by Gasteiger charge is 2.32. The second-order valence-electron chi connectivity index (χ2n) is 5.69. The summed E-state index contributed by atoms with van der Waals surface area (Å²) in [5, 5.41) is 3.38. The minimum absolute atomic E-state index is 0. The van der Waals surface area contributed by atoms with Crippen LogP contribution < -0.4 is 10.2 Å². The topological polar surface area (TPSA) is 50.8 Å². The SMILES string of the molecule is COCC1CN(c2ccc(C3CCNCC3)cc2)C(=O)O1.Cl. The Morgan fingerprint density at radius 2 is 1.95 bits per heavy atom. The number of rotatable bonds is 4. The maximum absolute atomic E-state index is 11.9. The molecule has 0 aromatic heterocycles. The lowest BCUT2D eigenvalue weighted by atomic mass is 9.90. The van der Waals surface area contributed by atoms with Crippen molar-refractivity contribution in [1.82, 2.24) is 5.32 Å². The summed E-state index contributed by atoms with van der Waals surface area (Å²) in [6, 6.07) is 8.33. The molecular formula is C16H23ClN2O3. The third-order valence-electron chi connectivity index (χ3n) is 4.24. The van der Waals surface area contributed by atoms with E-state index in [4.69, 9.17) is 9.47 Å². The summed E-state index contributed by atoms with van der Waals surface area (Å²) < 4.78 is 10.3. The van der Waals surface area contributed by atoms with E-state index in [-0.39, 0.29) is 24.6 Å². The van der Waals surface area contributed by atoms with E-state index in [1.54, 1.807) is 12.0 Å². The van der Waals surface area contributed by atoms with Crippen molar-refractivity contribution in [1.29, 1.82) is 0 Å². The average Bonchev–Trinajstić information content (AvgIpc) is 2.89. The normalized spacial score (nSPS) is 22.3. The van der Waals surface area contributed by atoms with Crippen molar-refractivity contribution in [2.24, 2.45) is 0 Å². The van der Waals surface area contributed by atoms with Gasteiger partial charge in [0.1, 0.15) is 6.10 Å². The molecule has 1 N–H and O–H groups in total. The quantitative estimate of drug-likeness (QED) is 0.924. The second-order valence-corrected chi connectivity index (χ2v) is 5.69. The molecule has 2 saturated heterocycles. The van der Waals surface area contributed by atoms with Gasteiger partial charge in [0.2, 0.25) is 0 Å². The van der Waals surface area contributed by atoms with Crippen LogP contribution in [-0.4, -0.2) is 45.5 Å². The van der Waals surface area contributed by atoms with Gasteiger partial charge in [-0.1, -0.05) is 12.1 Å². The highest BCUT2D eigenvalue weighted by atomic mass is 35.5. The molecule has 2 aliphatic heterocycles. The van der Waals surface area contributed by atoms with E-state index in [9.17, 15) is 4.79 Å². The fourth-order valence-corrected chi connectivity index (χ4v) is 3.09. The number of piperidine rings is 1. The highest BCUT2D eigenvalue weighted by molar-refractivity contribution is 5.89. The van der Waals surface area contributed by atoms with Gasteiger partial charge in [0.25, 0.3) is 0 Å². The van der Waals surface area contributed by atoms with Crippen LogP contribution >= 0.6 is 12.4 Å². The Labute approximate surface area is 137 Å². The molecule has 22 heavy (non-hydrogen) atoms. The van der Waals surface area contributed by atoms with Crippen LogP contribution in [0.1, 0.15) is 24.3 Å². The Morgan fingerprint density at radius 3 is 2.59 bits per heavy atom. The van der Waals surface area contributed by atoms with Crippen LogP contribution in [0.2, 0.25) is 0 Å². The Morgan fingerprint density at radius 1 is 1.27 bits per heavy atom. The molecule has 1 unspecified atom stereocenters. The highest BCUT2D eigenvalue weighted by Crippen LogP contribution is 2.28. The lowest BCUT2D eigenvalue weighted by Crippen LogP contribution is -2.27. The van der Waals surface area contributed by atoms with Crippen molar-refractivity contribution >= 4 is 24.2 Å². The first kappa shape index (κ1) is 17.1. The van der Waals surface area contributed by atoms with Crippen molar-refractivity contribution < 1.29 is 14.3 Å². The molecule has 0 bridgehead atoms. The molecule has 2 heterocycles. The van der Waals surface area contributed by atoms with Crippen LogP contribution in [0.3, 0.4) is 0 Å². The van der Waals surface area contributed by atoms with Crippen LogP contribution in [0.4, 0.5) is 10.5 Å². The van der Waals surface area contributed by atoms with Crippen LogP contribution in [0, 0.1) is 0 Å². The Bertz CT molecular complexity index is 489. The van der Waals surface area contributed by atoms with Crippen molar-refractivity contribution in [2.45, 2.75) is 24.9 Å². The molecule has 1 amide bonds. The van der Waals surface area contributed by atoms with Gasteiger partial charge in [-0.05, 0) is 49.5 Å². The number of carbonyl (C=O) groups excluding carboxylic acids is 1. The van der Waals surface area contributed by atoms with Crippen LogP contribution in [0.25, 0.3) is 0 Å². The third-order valence-corrected chi connectivity index (χ3v) is 4.24. The molecule has 1 aromatic carbocycles. The van der Waals surface area contributed by atoms with E-state index < -0.39 is 0 Å². The molecule has 1 atom stereocenters. The van der Waals surface area contributed by atoms with Gasteiger partial charge in [-0.3, -0.25) is 4.90 Å². The molecule has 0 spiro atoms. The smallest absolute Gasteiger partial charge is 0.414 e. The summed E-state index contributed by atoms with van der Waals surface area (Å²) in [5.74, 6) is 0.632. The zero-order valence-electron chi connectivity index (χ0n) is 12.8. The van der Waals surface area contributed by atoms with E-state index in [2.05, 4.69) is 17.4 Å². The first-order chi connectivity index (χ1) is 10.3. The molecule has 122 valence electrons. The number of hydrogen-bond donors (Lipinski definition) is 1. The molecular weight excluding hydrogens is 304 g/mol. The van der Waals surface area contributed by atoms with E-state index in [1.165, 1.54) is 18.4 Å². The predicted octanol–water partition coefficient (Wildman–Crippen LogP) is 2.55. The number of ether oxygens (including phenoxy) is 2. The van der Waals surface area contributed by atoms with Gasteiger partial charge in [-0.25, -0.2) is 4.79 Å². The largest absolute Gasteiger partial charge is 0.441 e. The minimum Gasteiger partial charge on any atom is -0.441 e. The zero-order chi connectivity index (χ0) is 14.7. The van der Waals surface area contributed by atoms with Gasteiger partial charge in [0.15, 0.2) is 0 Å². The Balaban J connectivity index is 0.00000176. The summed E-state index contributed by atoms with van der Waals surface area (Å²) in [6.45, 7) is 3.17. The van der Waals surface area contributed by atoms with Crippen LogP contribution in [-0.2, 0) is 9.47 Å². The lowest BCUT2D eigenvalue weighted by molar-refractivity contribution is 0.0718. The summed E-state index contributed by atoms with van der Waals surface area (Å²) in [5.41, 5.74) is 2.26. The number of carbonyl (C=O) groups is 1. The average molecular weight is 327 g/mol. The number of halogens is 1. The molecule has 6 heteroatoms. The molecule has 3 rings (SSSR count). The second kappa shape index (κ2) is 7.81. The standard InChI is InChI=1S/C16H22N2O3.ClH/c1-20-11-15-10-18(16(19)21-15)14-4-2-12(3-5-14)13-6-8-17-9-7-13;/h2-5,13,15,17H,6-11H2,1H3;1H. The molecule has 0 radical (unpaired) electrons. The predicted molar refractivity (Wildman–Crippen MR) is 88.0 cm³/mol. The summed E-state index contributed by atoms with van der Waals surface area (Å²) in [6.07, 6.45) is 1.90. The van der Waals surface area contributed by atoms with Gasteiger partial charge in [-0.15, -0.1) is 12.4 Å². The first-order valence-electron chi connectivity index (χ1n) is 7.55. The van der Waals surface area contributed by atoms with E-state index in [0.29, 0.717) is 19.1 Å². The Hall–Kier alpha value is -1.30. The van der Waals surface area contributed by atoms with Crippen molar-refractivity contribution in [3.8, 4) is 0 Å². The number of nitrogens with zero attached hydrogens (tertiary/aromatic N) is 1. The van der Waals surface area contributed by atoms with E-state index in [0.717, 1.165) is 18.8 Å². The number of nitrogens with one attached hydrogen (secondary N) is 1. The minimum atomic E-state index is -0.285. The van der Waals surface area contributed by atoms with Gasteiger partial charge < -0.3 is 14.8 Å². The number of methoxy groups -OCH3 is 1. The van der Waals surface area contributed by atoms with Crippen molar-refractivity contribution in [3.05, 3.63) is 29.8 Å². The lowest BCUT2D eigenvalue weighted by Gasteiger charge is -2.23. The monoisotopic (exact) mass is 326 g/mol. The fraction of sp³-hybridized carbons (Fsp3) is 0.562. The molecule has 5 nitrogen and oxygen atoms in total. The number of anilines is 1. The number of cyclic esters (lactones) is 1. The zero-order valence-corrected chi connectivity index (χ0v) is 13.6. The van der Waals surface area contributed by atoms with E-state index in [1.807, 2.05) is 12.1 Å². The van der Waals surface area contributed by atoms with Crippen molar-refractivity contribution in [3.63, 3.8) is 0 Å². The molecule has 0 aliphatic carbocycles. The van der Waals surface area contributed by atoms with Gasteiger partial charge in [-0.2, -0.15) is 0 Å². The Kier molecular flexibility index (Phi) is 6.06. The van der Waals surface area contributed by atoms with Gasteiger partial charge in [0, 0.05) is 12.8 Å². The molecule has 2 aliphatic rings. The number of amides is 1. The summed E-state index contributed by atoms with van der Waals surface area (Å²) in [4.78, 5) is 13.6. The number of hydrogen-bond acceptors (Lipinski definition) is 4. The van der Waals surface area contributed by atoms with Crippen LogP contribution in [0.15, 0.2) is 24.3 Å². The summed E-state index contributed by atoms with van der Waals surface area (Å²) >= 11 is 0. The third kappa shape index (κ3) is 3.72. The van der Waals surface area contributed by atoms with Gasteiger partial charge in [0.05, 0.1) is 13.2 Å². The maximum Gasteiger partial charge on any atom is 0.414 e. The van der Waals surface area contributed by atoms with Crippen LogP contribution in [0.5, 0.6) is 0 Å².